The maximum atomic E-state index is 11.9. The molecule has 1 amide bonds. The van der Waals surface area contributed by atoms with E-state index in [1.807, 2.05) is 0 Å². The zero-order chi connectivity index (χ0) is 24.2. The molecule has 0 aliphatic heterocycles. The van der Waals surface area contributed by atoms with E-state index in [-0.39, 0.29) is 5.91 Å². The molecule has 3 nitrogen and oxygen atoms in total. The SMILES string of the molecule is CCCCCCCCCCCCCCCCCCCCCC(=O)NCCCCN(CC)CC. The molecule has 0 atom stereocenters. The summed E-state index contributed by atoms with van der Waals surface area (Å²) in [6.45, 7) is 11.0. The maximum absolute atomic E-state index is 11.9. The van der Waals surface area contributed by atoms with E-state index in [1.54, 1.807) is 0 Å². The third-order valence-corrected chi connectivity index (χ3v) is 7.13. The predicted molar refractivity (Wildman–Crippen MR) is 148 cm³/mol. The number of hydrogen-bond acceptors (Lipinski definition) is 2. The van der Waals surface area contributed by atoms with Crippen LogP contribution in [0, 0.1) is 0 Å². The molecule has 0 aromatic heterocycles. The first-order valence-electron chi connectivity index (χ1n) is 15.2. The average Bonchev–Trinajstić information content (AvgIpc) is 2.83. The van der Waals surface area contributed by atoms with Gasteiger partial charge in [0.25, 0.3) is 0 Å². The van der Waals surface area contributed by atoms with Gasteiger partial charge in [0.15, 0.2) is 0 Å². The molecule has 0 unspecified atom stereocenters. The Morgan fingerprint density at radius 3 is 1.30 bits per heavy atom. The first-order valence-corrected chi connectivity index (χ1v) is 15.2. The van der Waals surface area contributed by atoms with Crippen LogP contribution in [0.4, 0.5) is 0 Å². The third-order valence-electron chi connectivity index (χ3n) is 7.13. The van der Waals surface area contributed by atoms with Crippen molar-refractivity contribution in [1.82, 2.24) is 10.2 Å². The molecule has 0 aromatic rings. The van der Waals surface area contributed by atoms with Gasteiger partial charge in [-0.3, -0.25) is 4.79 Å². The number of nitrogens with zero attached hydrogens (tertiary/aromatic N) is 1. The highest BCUT2D eigenvalue weighted by molar-refractivity contribution is 5.75. The Morgan fingerprint density at radius 1 is 0.515 bits per heavy atom. The minimum Gasteiger partial charge on any atom is -0.356 e. The Kier molecular flexibility index (Phi) is 27.2. The summed E-state index contributed by atoms with van der Waals surface area (Å²) in [5, 5.41) is 3.09. The fraction of sp³-hybridized carbons (Fsp3) is 0.967. The Bertz CT molecular complexity index is 381. The summed E-state index contributed by atoms with van der Waals surface area (Å²) in [6.07, 6.45) is 29.5. The Morgan fingerprint density at radius 2 is 0.909 bits per heavy atom. The zero-order valence-corrected chi connectivity index (χ0v) is 23.2. The van der Waals surface area contributed by atoms with Crippen molar-refractivity contribution in [1.29, 1.82) is 0 Å². The summed E-state index contributed by atoms with van der Waals surface area (Å²) >= 11 is 0. The molecule has 0 rings (SSSR count). The Hall–Kier alpha value is -0.570. The van der Waals surface area contributed by atoms with Gasteiger partial charge < -0.3 is 10.2 Å². The number of nitrogens with one attached hydrogen (secondary N) is 1. The van der Waals surface area contributed by atoms with Crippen LogP contribution in [0.2, 0.25) is 0 Å². The number of unbranched alkanes of at least 4 members (excludes halogenated alkanes) is 19. The van der Waals surface area contributed by atoms with Crippen molar-refractivity contribution >= 4 is 5.91 Å². The fourth-order valence-electron chi connectivity index (χ4n) is 4.68. The Balaban J connectivity index is 3.17. The van der Waals surface area contributed by atoms with Crippen LogP contribution < -0.4 is 5.32 Å². The summed E-state index contributed by atoms with van der Waals surface area (Å²) in [4.78, 5) is 14.4. The molecule has 0 aliphatic rings. The van der Waals surface area contributed by atoms with E-state index >= 15 is 0 Å². The van der Waals surface area contributed by atoms with Gasteiger partial charge in [-0.25, -0.2) is 0 Å². The molecule has 3 heteroatoms. The van der Waals surface area contributed by atoms with Gasteiger partial charge in [-0.15, -0.1) is 0 Å². The first-order chi connectivity index (χ1) is 16.2. The van der Waals surface area contributed by atoms with E-state index in [9.17, 15) is 4.79 Å². The van der Waals surface area contributed by atoms with Gasteiger partial charge in [-0.2, -0.15) is 0 Å². The lowest BCUT2D eigenvalue weighted by Crippen LogP contribution is -2.27. The molecule has 0 fully saturated rings. The molecule has 0 radical (unpaired) electrons. The maximum Gasteiger partial charge on any atom is 0.219 e. The lowest BCUT2D eigenvalue weighted by molar-refractivity contribution is -0.121. The second kappa shape index (κ2) is 27.7. The topological polar surface area (TPSA) is 32.3 Å². The van der Waals surface area contributed by atoms with Gasteiger partial charge in [0, 0.05) is 13.0 Å². The highest BCUT2D eigenvalue weighted by Crippen LogP contribution is 2.14. The lowest BCUT2D eigenvalue weighted by Gasteiger charge is -2.17. The standard InChI is InChI=1S/C30H62N2O/c1-4-7-8-9-10-11-12-13-14-15-16-17-18-19-20-21-22-23-24-27-30(33)31-28-25-26-29-32(5-2)6-3/h4-29H2,1-3H3,(H,31,33). The second-order valence-corrected chi connectivity index (χ2v) is 10.2. The van der Waals surface area contributed by atoms with E-state index in [4.69, 9.17) is 0 Å². The summed E-state index contributed by atoms with van der Waals surface area (Å²) < 4.78 is 0. The summed E-state index contributed by atoms with van der Waals surface area (Å²) in [5.74, 6) is 0.254. The van der Waals surface area contributed by atoms with Gasteiger partial charge in [0.2, 0.25) is 5.91 Å². The Labute approximate surface area is 209 Å². The van der Waals surface area contributed by atoms with Crippen LogP contribution in [0.25, 0.3) is 0 Å². The van der Waals surface area contributed by atoms with Gasteiger partial charge in [0.05, 0.1) is 0 Å². The van der Waals surface area contributed by atoms with Gasteiger partial charge >= 0.3 is 0 Å². The molecule has 0 heterocycles. The number of carbonyl (C=O) groups is 1. The molecule has 0 bridgehead atoms. The monoisotopic (exact) mass is 466 g/mol. The average molecular weight is 467 g/mol. The number of rotatable bonds is 27. The largest absolute Gasteiger partial charge is 0.356 e. The molecule has 0 spiro atoms. The summed E-state index contributed by atoms with van der Waals surface area (Å²) in [6, 6.07) is 0. The molecule has 0 aromatic carbocycles. The molecule has 33 heavy (non-hydrogen) atoms. The van der Waals surface area contributed by atoms with Gasteiger partial charge in [0.1, 0.15) is 0 Å². The normalized spacial score (nSPS) is 11.4. The van der Waals surface area contributed by atoms with Crippen molar-refractivity contribution in [2.45, 2.75) is 162 Å². The van der Waals surface area contributed by atoms with Crippen LogP contribution in [-0.4, -0.2) is 37.0 Å². The minimum absolute atomic E-state index is 0.254. The van der Waals surface area contributed by atoms with Crippen molar-refractivity contribution in [2.24, 2.45) is 0 Å². The highest BCUT2D eigenvalue weighted by Gasteiger charge is 2.02. The van der Waals surface area contributed by atoms with Gasteiger partial charge in [-0.05, 0) is 38.9 Å². The van der Waals surface area contributed by atoms with Crippen molar-refractivity contribution in [3.05, 3.63) is 0 Å². The van der Waals surface area contributed by atoms with Crippen LogP contribution in [0.1, 0.15) is 162 Å². The van der Waals surface area contributed by atoms with E-state index in [0.29, 0.717) is 0 Å². The summed E-state index contributed by atoms with van der Waals surface area (Å²) in [5.41, 5.74) is 0. The van der Waals surface area contributed by atoms with Crippen LogP contribution in [0.15, 0.2) is 0 Å². The van der Waals surface area contributed by atoms with E-state index < -0.39 is 0 Å². The molecular formula is C30H62N2O. The van der Waals surface area contributed by atoms with E-state index in [1.165, 1.54) is 122 Å². The van der Waals surface area contributed by atoms with Crippen LogP contribution in [-0.2, 0) is 4.79 Å². The quantitative estimate of drug-likeness (QED) is 0.122. The van der Waals surface area contributed by atoms with Crippen molar-refractivity contribution in [3.8, 4) is 0 Å². The van der Waals surface area contributed by atoms with Crippen LogP contribution >= 0.6 is 0 Å². The molecule has 1 N–H and O–H groups in total. The fourth-order valence-corrected chi connectivity index (χ4v) is 4.68. The second-order valence-electron chi connectivity index (χ2n) is 10.2. The third kappa shape index (κ3) is 25.9. The highest BCUT2D eigenvalue weighted by atomic mass is 16.1. The molecule has 198 valence electrons. The number of amides is 1. The predicted octanol–water partition coefficient (Wildman–Crippen LogP) is 9.05. The molecule has 0 saturated heterocycles. The smallest absolute Gasteiger partial charge is 0.219 e. The minimum atomic E-state index is 0.254. The lowest BCUT2D eigenvalue weighted by atomic mass is 10.0. The van der Waals surface area contributed by atoms with Crippen molar-refractivity contribution < 1.29 is 4.79 Å². The molecule has 0 saturated carbocycles. The van der Waals surface area contributed by atoms with Crippen molar-refractivity contribution in [2.75, 3.05) is 26.2 Å². The zero-order valence-electron chi connectivity index (χ0n) is 23.2. The van der Waals surface area contributed by atoms with E-state index in [0.717, 1.165) is 45.4 Å². The summed E-state index contributed by atoms with van der Waals surface area (Å²) in [7, 11) is 0. The molecule has 0 aliphatic carbocycles. The number of hydrogen-bond donors (Lipinski definition) is 1. The molecular weight excluding hydrogens is 404 g/mol. The first kappa shape index (κ1) is 32.4. The van der Waals surface area contributed by atoms with E-state index in [2.05, 4.69) is 31.0 Å². The number of carbonyl (C=O) groups excluding carboxylic acids is 1. The van der Waals surface area contributed by atoms with Crippen LogP contribution in [0.5, 0.6) is 0 Å². The van der Waals surface area contributed by atoms with Gasteiger partial charge in [-0.1, -0.05) is 136 Å². The van der Waals surface area contributed by atoms with Crippen LogP contribution in [0.3, 0.4) is 0 Å². The van der Waals surface area contributed by atoms with Crippen molar-refractivity contribution in [3.63, 3.8) is 0 Å².